The minimum atomic E-state index is -3.09. The molecule has 1 fully saturated rings. The molecule has 0 bridgehead atoms. The van der Waals surface area contributed by atoms with E-state index in [4.69, 9.17) is 0 Å². The smallest absolute Gasteiger partial charge is 0.211 e. The van der Waals surface area contributed by atoms with Crippen LogP contribution in [0.25, 0.3) is 0 Å². The van der Waals surface area contributed by atoms with E-state index in [-0.39, 0.29) is 6.04 Å². The fourth-order valence-corrected chi connectivity index (χ4v) is 3.68. The molecular weight excluding hydrogens is 250 g/mol. The molecule has 0 aliphatic carbocycles. The monoisotopic (exact) mass is 277 g/mol. The summed E-state index contributed by atoms with van der Waals surface area (Å²) in [6.45, 7) is 8.51. The zero-order valence-electron chi connectivity index (χ0n) is 12.3. The lowest BCUT2D eigenvalue weighted by molar-refractivity contribution is 0.107. The Morgan fingerprint density at radius 2 is 1.89 bits per heavy atom. The summed E-state index contributed by atoms with van der Waals surface area (Å²) in [4.78, 5) is 4.43. The molecule has 1 aliphatic heterocycles. The fraction of sp³-hybridized carbons (Fsp3) is 1.00. The molecular formula is C12H27N3O2S. The molecule has 1 rings (SSSR count). The summed E-state index contributed by atoms with van der Waals surface area (Å²) in [6.07, 6.45) is 1.31. The van der Waals surface area contributed by atoms with Crippen molar-refractivity contribution in [1.29, 1.82) is 0 Å². The van der Waals surface area contributed by atoms with E-state index >= 15 is 0 Å². The predicted octanol–water partition coefficient (Wildman–Crippen LogP) is 0.150. The Morgan fingerprint density at radius 3 is 2.33 bits per heavy atom. The summed E-state index contributed by atoms with van der Waals surface area (Å²) >= 11 is 0. The van der Waals surface area contributed by atoms with Gasteiger partial charge in [0, 0.05) is 32.7 Å². The standard InChI is InChI=1S/C12H27N3O2S/c1-11(2)8-14-6-7-15(18(5,16)17)12(10-14)9-13(3)4/h11-12H,6-10H2,1-5H3. The van der Waals surface area contributed by atoms with Crippen LogP contribution in [0.3, 0.4) is 0 Å². The normalized spacial score (nSPS) is 24.1. The van der Waals surface area contributed by atoms with Crippen molar-refractivity contribution in [2.75, 3.05) is 53.1 Å². The molecule has 0 N–H and O–H groups in total. The molecule has 1 saturated heterocycles. The van der Waals surface area contributed by atoms with Gasteiger partial charge in [-0.25, -0.2) is 8.42 Å². The lowest BCUT2D eigenvalue weighted by atomic mass is 10.1. The van der Waals surface area contributed by atoms with Crippen molar-refractivity contribution < 1.29 is 8.42 Å². The van der Waals surface area contributed by atoms with E-state index in [0.717, 1.165) is 26.2 Å². The summed E-state index contributed by atoms with van der Waals surface area (Å²) in [7, 11) is 0.883. The van der Waals surface area contributed by atoms with E-state index < -0.39 is 10.0 Å². The van der Waals surface area contributed by atoms with Gasteiger partial charge in [-0.3, -0.25) is 0 Å². The van der Waals surface area contributed by atoms with Crippen molar-refractivity contribution in [3.05, 3.63) is 0 Å². The Kier molecular flexibility index (Phi) is 5.58. The van der Waals surface area contributed by atoms with Crippen molar-refractivity contribution in [2.45, 2.75) is 19.9 Å². The molecule has 0 aromatic heterocycles. The van der Waals surface area contributed by atoms with Gasteiger partial charge < -0.3 is 9.80 Å². The summed E-state index contributed by atoms with van der Waals surface area (Å²) in [5, 5.41) is 0. The van der Waals surface area contributed by atoms with Crippen LogP contribution >= 0.6 is 0 Å². The first kappa shape index (κ1) is 15.9. The van der Waals surface area contributed by atoms with Gasteiger partial charge in [0.1, 0.15) is 0 Å². The van der Waals surface area contributed by atoms with E-state index in [1.54, 1.807) is 4.31 Å². The molecule has 108 valence electrons. The van der Waals surface area contributed by atoms with Gasteiger partial charge in [-0.15, -0.1) is 0 Å². The highest BCUT2D eigenvalue weighted by molar-refractivity contribution is 7.88. The number of hydrogen-bond acceptors (Lipinski definition) is 4. The third-order valence-corrected chi connectivity index (χ3v) is 4.47. The highest BCUT2D eigenvalue weighted by Crippen LogP contribution is 2.15. The lowest BCUT2D eigenvalue weighted by Gasteiger charge is -2.41. The fourth-order valence-electron chi connectivity index (χ4n) is 2.59. The van der Waals surface area contributed by atoms with Crippen LogP contribution in [0, 0.1) is 5.92 Å². The van der Waals surface area contributed by atoms with Crippen LogP contribution < -0.4 is 0 Å². The molecule has 0 aromatic carbocycles. The van der Waals surface area contributed by atoms with Gasteiger partial charge in [-0.1, -0.05) is 13.8 Å². The lowest BCUT2D eigenvalue weighted by Crippen LogP contribution is -2.58. The van der Waals surface area contributed by atoms with Gasteiger partial charge in [0.05, 0.1) is 12.3 Å². The maximum atomic E-state index is 11.8. The maximum Gasteiger partial charge on any atom is 0.211 e. The van der Waals surface area contributed by atoms with Gasteiger partial charge in [-0.2, -0.15) is 4.31 Å². The van der Waals surface area contributed by atoms with Crippen LogP contribution in [0.15, 0.2) is 0 Å². The Morgan fingerprint density at radius 1 is 1.28 bits per heavy atom. The highest BCUT2D eigenvalue weighted by atomic mass is 32.2. The van der Waals surface area contributed by atoms with Crippen molar-refractivity contribution in [2.24, 2.45) is 5.92 Å². The van der Waals surface area contributed by atoms with Crippen molar-refractivity contribution in [3.63, 3.8) is 0 Å². The van der Waals surface area contributed by atoms with E-state index in [9.17, 15) is 8.42 Å². The van der Waals surface area contributed by atoms with E-state index in [1.165, 1.54) is 6.26 Å². The average molecular weight is 277 g/mol. The Labute approximate surface area is 112 Å². The summed E-state index contributed by atoms with van der Waals surface area (Å²) < 4.78 is 25.2. The van der Waals surface area contributed by atoms with E-state index in [0.29, 0.717) is 12.5 Å². The predicted molar refractivity (Wildman–Crippen MR) is 75.2 cm³/mol. The highest BCUT2D eigenvalue weighted by Gasteiger charge is 2.32. The van der Waals surface area contributed by atoms with Gasteiger partial charge in [0.25, 0.3) is 0 Å². The largest absolute Gasteiger partial charge is 0.308 e. The number of nitrogens with zero attached hydrogens (tertiary/aromatic N) is 3. The van der Waals surface area contributed by atoms with Gasteiger partial charge in [0.2, 0.25) is 10.0 Å². The van der Waals surface area contributed by atoms with Crippen LogP contribution in [0.4, 0.5) is 0 Å². The molecule has 1 atom stereocenters. The number of likely N-dealkylation sites (N-methyl/N-ethyl adjacent to an activating group) is 1. The first-order valence-corrected chi connectivity index (χ1v) is 8.39. The Bertz CT molecular complexity index is 354. The summed E-state index contributed by atoms with van der Waals surface area (Å²) in [5.74, 6) is 0.620. The Hall–Kier alpha value is -0.170. The number of piperazine rings is 1. The first-order valence-electron chi connectivity index (χ1n) is 6.54. The minimum Gasteiger partial charge on any atom is -0.308 e. The molecule has 0 radical (unpaired) electrons. The van der Waals surface area contributed by atoms with Gasteiger partial charge in [-0.05, 0) is 20.0 Å². The molecule has 1 unspecified atom stereocenters. The molecule has 18 heavy (non-hydrogen) atoms. The summed E-state index contributed by atoms with van der Waals surface area (Å²) in [6, 6.07) is 0.0718. The molecule has 0 aromatic rings. The van der Waals surface area contributed by atoms with Crippen LogP contribution in [0.5, 0.6) is 0 Å². The van der Waals surface area contributed by atoms with E-state index in [2.05, 4.69) is 23.6 Å². The second kappa shape index (κ2) is 6.32. The third kappa shape index (κ3) is 4.84. The molecule has 1 heterocycles. The molecule has 0 spiro atoms. The Balaban J connectivity index is 2.73. The van der Waals surface area contributed by atoms with Crippen LogP contribution in [-0.2, 0) is 10.0 Å². The van der Waals surface area contributed by atoms with Crippen molar-refractivity contribution in [1.82, 2.24) is 14.1 Å². The summed E-state index contributed by atoms with van der Waals surface area (Å²) in [5.41, 5.74) is 0. The second-order valence-electron chi connectivity index (χ2n) is 5.94. The van der Waals surface area contributed by atoms with Gasteiger partial charge >= 0.3 is 0 Å². The number of rotatable bonds is 5. The third-order valence-electron chi connectivity index (χ3n) is 3.14. The molecule has 0 saturated carbocycles. The second-order valence-corrected chi connectivity index (χ2v) is 7.88. The van der Waals surface area contributed by atoms with Crippen LogP contribution in [-0.4, -0.2) is 81.6 Å². The molecule has 0 amide bonds. The quantitative estimate of drug-likeness (QED) is 0.717. The maximum absolute atomic E-state index is 11.8. The topological polar surface area (TPSA) is 43.9 Å². The van der Waals surface area contributed by atoms with Crippen molar-refractivity contribution >= 4 is 10.0 Å². The van der Waals surface area contributed by atoms with Crippen molar-refractivity contribution in [3.8, 4) is 0 Å². The zero-order chi connectivity index (χ0) is 13.9. The minimum absolute atomic E-state index is 0.0718. The zero-order valence-corrected chi connectivity index (χ0v) is 13.1. The van der Waals surface area contributed by atoms with Crippen LogP contribution in [0.2, 0.25) is 0 Å². The van der Waals surface area contributed by atoms with Crippen LogP contribution in [0.1, 0.15) is 13.8 Å². The SMILES string of the molecule is CC(C)CN1CCN(S(C)(=O)=O)C(CN(C)C)C1. The molecule has 1 aliphatic rings. The van der Waals surface area contributed by atoms with E-state index in [1.807, 2.05) is 14.1 Å². The molecule has 6 heteroatoms. The molecule has 5 nitrogen and oxygen atoms in total. The number of sulfonamides is 1. The number of hydrogen-bond donors (Lipinski definition) is 0. The average Bonchev–Trinajstić information content (AvgIpc) is 2.13. The first-order chi connectivity index (χ1) is 8.20. The van der Waals surface area contributed by atoms with Gasteiger partial charge in [0.15, 0.2) is 0 Å².